The number of rotatable bonds is 4. The lowest BCUT2D eigenvalue weighted by atomic mass is 10.1. The SMILES string of the molecule is CCCCN(C)C(=O)c1cc(F)c(N)c(F)c1. The number of halogens is 2. The van der Waals surface area contributed by atoms with Crippen molar-refractivity contribution in [3.8, 4) is 0 Å². The molecule has 1 amide bonds. The number of nitrogens with two attached hydrogens (primary N) is 1. The van der Waals surface area contributed by atoms with Crippen LogP contribution in [0.25, 0.3) is 0 Å². The molecule has 17 heavy (non-hydrogen) atoms. The molecule has 2 N–H and O–H groups in total. The summed E-state index contributed by atoms with van der Waals surface area (Å²) >= 11 is 0. The standard InChI is InChI=1S/C12H16F2N2O/c1-3-4-5-16(2)12(17)8-6-9(13)11(15)10(14)7-8/h6-7H,3-5,15H2,1-2H3. The first-order chi connectivity index (χ1) is 7.97. The van der Waals surface area contributed by atoms with Crippen molar-refractivity contribution in [3.63, 3.8) is 0 Å². The van der Waals surface area contributed by atoms with Crippen LogP contribution in [-0.4, -0.2) is 24.4 Å². The largest absolute Gasteiger partial charge is 0.394 e. The van der Waals surface area contributed by atoms with Gasteiger partial charge >= 0.3 is 0 Å². The van der Waals surface area contributed by atoms with Gasteiger partial charge in [0.25, 0.3) is 5.91 Å². The molecule has 0 aromatic heterocycles. The Kier molecular flexibility index (Phi) is 4.43. The summed E-state index contributed by atoms with van der Waals surface area (Å²) in [6, 6.07) is 1.92. The lowest BCUT2D eigenvalue weighted by Gasteiger charge is -2.17. The molecule has 1 aromatic rings. The van der Waals surface area contributed by atoms with Crippen LogP contribution in [0.4, 0.5) is 14.5 Å². The Morgan fingerprint density at radius 3 is 2.35 bits per heavy atom. The Labute approximate surface area is 99.2 Å². The highest BCUT2D eigenvalue weighted by Crippen LogP contribution is 2.18. The van der Waals surface area contributed by atoms with E-state index >= 15 is 0 Å². The molecule has 5 heteroatoms. The Morgan fingerprint density at radius 1 is 1.35 bits per heavy atom. The van der Waals surface area contributed by atoms with Crippen LogP contribution in [0.5, 0.6) is 0 Å². The molecule has 0 fully saturated rings. The van der Waals surface area contributed by atoms with E-state index in [-0.39, 0.29) is 5.56 Å². The number of nitrogen functional groups attached to an aromatic ring is 1. The van der Waals surface area contributed by atoms with Gasteiger partial charge in [-0.25, -0.2) is 8.78 Å². The van der Waals surface area contributed by atoms with E-state index < -0.39 is 23.2 Å². The fourth-order valence-electron chi connectivity index (χ4n) is 1.42. The summed E-state index contributed by atoms with van der Waals surface area (Å²) in [5, 5.41) is 0. The van der Waals surface area contributed by atoms with E-state index in [4.69, 9.17) is 5.73 Å². The molecule has 0 atom stereocenters. The Hall–Kier alpha value is -1.65. The Balaban J connectivity index is 2.89. The first-order valence-electron chi connectivity index (χ1n) is 5.47. The van der Waals surface area contributed by atoms with Crippen LogP contribution >= 0.6 is 0 Å². The van der Waals surface area contributed by atoms with Gasteiger partial charge < -0.3 is 10.6 Å². The maximum absolute atomic E-state index is 13.2. The molecule has 0 bridgehead atoms. The molecule has 0 spiro atoms. The highest BCUT2D eigenvalue weighted by Gasteiger charge is 2.16. The van der Waals surface area contributed by atoms with E-state index in [1.165, 1.54) is 4.90 Å². The van der Waals surface area contributed by atoms with Gasteiger partial charge in [-0.2, -0.15) is 0 Å². The molecule has 0 aliphatic rings. The molecule has 0 heterocycles. The summed E-state index contributed by atoms with van der Waals surface area (Å²) < 4.78 is 26.4. The van der Waals surface area contributed by atoms with Gasteiger partial charge in [0.15, 0.2) is 0 Å². The molecule has 1 rings (SSSR count). The number of hydrogen-bond donors (Lipinski definition) is 1. The van der Waals surface area contributed by atoms with Gasteiger partial charge in [-0.05, 0) is 18.6 Å². The first kappa shape index (κ1) is 13.4. The van der Waals surface area contributed by atoms with Gasteiger partial charge in [0, 0.05) is 19.2 Å². The second-order valence-electron chi connectivity index (χ2n) is 3.93. The minimum Gasteiger partial charge on any atom is -0.394 e. The summed E-state index contributed by atoms with van der Waals surface area (Å²) in [7, 11) is 1.60. The molecular formula is C12H16F2N2O. The number of carbonyl (C=O) groups is 1. The third kappa shape index (κ3) is 3.15. The van der Waals surface area contributed by atoms with Gasteiger partial charge in [0.2, 0.25) is 0 Å². The maximum Gasteiger partial charge on any atom is 0.253 e. The zero-order valence-electron chi connectivity index (χ0n) is 9.96. The summed E-state index contributed by atoms with van der Waals surface area (Å²) in [5.74, 6) is -2.22. The van der Waals surface area contributed by atoms with Crippen molar-refractivity contribution >= 4 is 11.6 Å². The predicted octanol–water partition coefficient (Wildman–Crippen LogP) is 2.42. The number of unbranched alkanes of at least 4 members (excludes halogenated alkanes) is 1. The Bertz CT molecular complexity index is 398. The lowest BCUT2D eigenvalue weighted by Crippen LogP contribution is -2.28. The minimum absolute atomic E-state index is 0.0206. The topological polar surface area (TPSA) is 46.3 Å². The van der Waals surface area contributed by atoms with Crippen molar-refractivity contribution < 1.29 is 13.6 Å². The monoisotopic (exact) mass is 242 g/mol. The van der Waals surface area contributed by atoms with E-state index in [0.29, 0.717) is 6.54 Å². The number of carbonyl (C=O) groups excluding carboxylic acids is 1. The van der Waals surface area contributed by atoms with Gasteiger partial charge in [0.1, 0.15) is 17.3 Å². The van der Waals surface area contributed by atoms with Gasteiger partial charge in [-0.15, -0.1) is 0 Å². The van der Waals surface area contributed by atoms with Crippen molar-refractivity contribution in [2.45, 2.75) is 19.8 Å². The quantitative estimate of drug-likeness (QED) is 0.824. The summed E-state index contributed by atoms with van der Waals surface area (Å²) in [6.07, 6.45) is 1.80. The van der Waals surface area contributed by atoms with Gasteiger partial charge in [0.05, 0.1) is 0 Å². The smallest absolute Gasteiger partial charge is 0.253 e. The number of amides is 1. The Morgan fingerprint density at radius 2 is 1.88 bits per heavy atom. The lowest BCUT2D eigenvalue weighted by molar-refractivity contribution is 0.0792. The van der Waals surface area contributed by atoms with E-state index in [0.717, 1.165) is 25.0 Å². The fourth-order valence-corrected chi connectivity index (χ4v) is 1.42. The highest BCUT2D eigenvalue weighted by molar-refractivity contribution is 5.94. The molecule has 0 aliphatic heterocycles. The van der Waals surface area contributed by atoms with Crippen LogP contribution in [-0.2, 0) is 0 Å². The summed E-state index contributed by atoms with van der Waals surface area (Å²) in [4.78, 5) is 13.3. The molecular weight excluding hydrogens is 226 g/mol. The molecule has 0 unspecified atom stereocenters. The van der Waals surface area contributed by atoms with E-state index in [9.17, 15) is 13.6 Å². The number of anilines is 1. The average molecular weight is 242 g/mol. The molecule has 0 radical (unpaired) electrons. The van der Waals surface area contributed by atoms with Crippen LogP contribution in [0, 0.1) is 11.6 Å². The molecule has 3 nitrogen and oxygen atoms in total. The van der Waals surface area contributed by atoms with E-state index in [1.807, 2.05) is 6.92 Å². The average Bonchev–Trinajstić information content (AvgIpc) is 2.31. The predicted molar refractivity (Wildman–Crippen MR) is 62.6 cm³/mol. The minimum atomic E-state index is -0.905. The molecule has 94 valence electrons. The van der Waals surface area contributed by atoms with Crippen LogP contribution in [0.15, 0.2) is 12.1 Å². The van der Waals surface area contributed by atoms with Crippen molar-refractivity contribution in [1.82, 2.24) is 4.90 Å². The van der Waals surface area contributed by atoms with E-state index in [1.54, 1.807) is 7.05 Å². The third-order valence-corrected chi connectivity index (χ3v) is 2.52. The van der Waals surface area contributed by atoms with E-state index in [2.05, 4.69) is 0 Å². The number of hydrogen-bond acceptors (Lipinski definition) is 2. The maximum atomic E-state index is 13.2. The molecule has 0 saturated heterocycles. The van der Waals surface area contributed by atoms with Crippen molar-refractivity contribution in [2.24, 2.45) is 0 Å². The highest BCUT2D eigenvalue weighted by atomic mass is 19.1. The fraction of sp³-hybridized carbons (Fsp3) is 0.417. The molecule has 0 aliphatic carbocycles. The normalized spacial score (nSPS) is 10.4. The second kappa shape index (κ2) is 5.61. The van der Waals surface area contributed by atoms with Crippen LogP contribution in [0.2, 0.25) is 0 Å². The van der Waals surface area contributed by atoms with Crippen molar-refractivity contribution in [2.75, 3.05) is 19.3 Å². The first-order valence-corrected chi connectivity index (χ1v) is 5.47. The third-order valence-electron chi connectivity index (χ3n) is 2.52. The zero-order chi connectivity index (χ0) is 13.0. The van der Waals surface area contributed by atoms with Gasteiger partial charge in [-0.1, -0.05) is 13.3 Å². The summed E-state index contributed by atoms with van der Waals surface area (Å²) in [5.41, 5.74) is 4.55. The van der Waals surface area contributed by atoms with Crippen LogP contribution in [0.3, 0.4) is 0 Å². The van der Waals surface area contributed by atoms with Crippen LogP contribution < -0.4 is 5.73 Å². The van der Waals surface area contributed by atoms with Crippen LogP contribution in [0.1, 0.15) is 30.1 Å². The second-order valence-corrected chi connectivity index (χ2v) is 3.93. The number of benzene rings is 1. The number of nitrogens with zero attached hydrogens (tertiary/aromatic N) is 1. The van der Waals surface area contributed by atoms with Gasteiger partial charge in [-0.3, -0.25) is 4.79 Å². The molecule has 0 saturated carbocycles. The zero-order valence-corrected chi connectivity index (χ0v) is 9.96. The summed E-state index contributed by atoms with van der Waals surface area (Å²) in [6.45, 7) is 2.56. The van der Waals surface area contributed by atoms with Crippen molar-refractivity contribution in [3.05, 3.63) is 29.3 Å². The van der Waals surface area contributed by atoms with Crippen molar-refractivity contribution in [1.29, 1.82) is 0 Å². The molecule has 1 aromatic carbocycles.